The van der Waals surface area contributed by atoms with Gasteiger partial charge in [0.15, 0.2) is 0 Å². The highest BCUT2D eigenvalue weighted by molar-refractivity contribution is 5.77. The van der Waals surface area contributed by atoms with E-state index in [2.05, 4.69) is 5.32 Å². The molecule has 19 heavy (non-hydrogen) atoms. The molecule has 0 bridgehead atoms. The minimum atomic E-state index is -0.721. The first-order chi connectivity index (χ1) is 8.98. The van der Waals surface area contributed by atoms with E-state index in [0.717, 1.165) is 0 Å². The van der Waals surface area contributed by atoms with Gasteiger partial charge in [-0.05, 0) is 44.9 Å². The molecule has 5 nitrogen and oxygen atoms in total. The second kappa shape index (κ2) is 5.39. The number of rotatable bonds is 4. The largest absolute Gasteiger partial charge is 0.481 e. The number of carboxylic acids is 1. The van der Waals surface area contributed by atoms with E-state index in [0.29, 0.717) is 38.3 Å². The van der Waals surface area contributed by atoms with Crippen LogP contribution in [0.3, 0.4) is 0 Å². The van der Waals surface area contributed by atoms with E-state index in [9.17, 15) is 14.7 Å². The van der Waals surface area contributed by atoms with Crippen LogP contribution in [0.2, 0.25) is 0 Å². The number of amides is 2. The molecule has 1 saturated carbocycles. The summed E-state index contributed by atoms with van der Waals surface area (Å²) < 4.78 is 0. The van der Waals surface area contributed by atoms with Crippen molar-refractivity contribution in [2.45, 2.75) is 52.0 Å². The predicted molar refractivity (Wildman–Crippen MR) is 71.9 cm³/mol. The van der Waals surface area contributed by atoms with Gasteiger partial charge in [-0.15, -0.1) is 0 Å². The smallest absolute Gasteiger partial charge is 0.317 e. The normalized spacial score (nSPS) is 23.8. The molecule has 1 aliphatic heterocycles. The summed E-state index contributed by atoms with van der Waals surface area (Å²) in [5.74, 6) is -0.0797. The van der Waals surface area contributed by atoms with Gasteiger partial charge < -0.3 is 15.3 Å². The number of urea groups is 1. The van der Waals surface area contributed by atoms with Gasteiger partial charge in [0.2, 0.25) is 0 Å². The van der Waals surface area contributed by atoms with Crippen molar-refractivity contribution >= 4 is 12.0 Å². The van der Waals surface area contributed by atoms with Gasteiger partial charge in [-0.25, -0.2) is 4.79 Å². The maximum atomic E-state index is 12.1. The lowest BCUT2D eigenvalue weighted by atomic mass is 9.76. The molecule has 0 spiro atoms. The molecule has 1 aliphatic carbocycles. The number of carboxylic acid groups (broad SMARTS) is 1. The number of likely N-dealkylation sites (tertiary alicyclic amines) is 1. The van der Waals surface area contributed by atoms with Gasteiger partial charge >= 0.3 is 12.0 Å². The minimum Gasteiger partial charge on any atom is -0.481 e. The van der Waals surface area contributed by atoms with E-state index in [1.54, 1.807) is 4.90 Å². The third-order valence-corrected chi connectivity index (χ3v) is 4.82. The van der Waals surface area contributed by atoms with Crippen LogP contribution in [-0.2, 0) is 4.79 Å². The van der Waals surface area contributed by atoms with Crippen LogP contribution in [-0.4, -0.2) is 41.1 Å². The molecule has 0 radical (unpaired) electrons. The Morgan fingerprint density at radius 1 is 1.37 bits per heavy atom. The number of nitrogens with one attached hydrogen (secondary N) is 1. The first-order valence-electron chi connectivity index (χ1n) is 7.27. The summed E-state index contributed by atoms with van der Waals surface area (Å²) in [5.41, 5.74) is -0.626. The lowest BCUT2D eigenvalue weighted by molar-refractivity contribution is -0.151. The molecule has 2 fully saturated rings. The number of piperidine rings is 1. The Balaban J connectivity index is 1.85. The third kappa shape index (κ3) is 3.01. The van der Waals surface area contributed by atoms with Crippen molar-refractivity contribution in [1.29, 1.82) is 0 Å². The van der Waals surface area contributed by atoms with Crippen molar-refractivity contribution in [3.05, 3.63) is 0 Å². The predicted octanol–water partition coefficient (Wildman–Crippen LogP) is 2.07. The molecule has 2 aliphatic rings. The molecule has 108 valence electrons. The fourth-order valence-corrected chi connectivity index (χ4v) is 2.86. The van der Waals surface area contributed by atoms with Gasteiger partial charge in [-0.2, -0.15) is 0 Å². The molecule has 1 saturated heterocycles. The molecule has 0 aromatic rings. The van der Waals surface area contributed by atoms with Gasteiger partial charge in [-0.3, -0.25) is 4.79 Å². The quantitative estimate of drug-likeness (QED) is 0.820. The molecule has 2 N–H and O–H groups in total. The number of carbonyl (C=O) groups is 2. The average molecular weight is 268 g/mol. The van der Waals surface area contributed by atoms with Crippen molar-refractivity contribution < 1.29 is 14.7 Å². The lowest BCUT2D eigenvalue weighted by Gasteiger charge is -2.38. The highest BCUT2D eigenvalue weighted by Crippen LogP contribution is 2.35. The summed E-state index contributed by atoms with van der Waals surface area (Å²) in [4.78, 5) is 25.2. The van der Waals surface area contributed by atoms with Crippen molar-refractivity contribution in [3.8, 4) is 0 Å². The monoisotopic (exact) mass is 268 g/mol. The second-order valence-corrected chi connectivity index (χ2v) is 6.00. The second-order valence-electron chi connectivity index (χ2n) is 6.00. The van der Waals surface area contributed by atoms with E-state index in [-0.39, 0.29) is 12.1 Å². The summed E-state index contributed by atoms with van der Waals surface area (Å²) in [6.45, 7) is 5.05. The number of carbonyl (C=O) groups excluding carboxylic acids is 1. The van der Waals surface area contributed by atoms with E-state index in [1.807, 2.05) is 13.8 Å². The van der Waals surface area contributed by atoms with Crippen molar-refractivity contribution in [2.24, 2.45) is 11.3 Å². The molecule has 1 unspecified atom stereocenters. The lowest BCUT2D eigenvalue weighted by Crippen LogP contribution is -2.51. The Labute approximate surface area is 114 Å². The molecule has 1 atom stereocenters. The fraction of sp³-hybridized carbons (Fsp3) is 0.857. The zero-order chi connectivity index (χ0) is 14.0. The van der Waals surface area contributed by atoms with Crippen LogP contribution < -0.4 is 5.32 Å². The minimum absolute atomic E-state index is 0.0329. The van der Waals surface area contributed by atoms with Gasteiger partial charge in [0.05, 0.1) is 5.41 Å². The first kappa shape index (κ1) is 14.2. The summed E-state index contributed by atoms with van der Waals surface area (Å²) in [6.07, 6.45) is 4.17. The van der Waals surface area contributed by atoms with Crippen LogP contribution in [0.5, 0.6) is 0 Å². The molecule has 0 aromatic carbocycles. The number of hydrogen-bond donors (Lipinski definition) is 2. The van der Waals surface area contributed by atoms with Crippen LogP contribution in [0, 0.1) is 11.3 Å². The number of nitrogens with zero attached hydrogens (tertiary/aromatic N) is 1. The van der Waals surface area contributed by atoms with Crippen molar-refractivity contribution in [2.75, 3.05) is 13.1 Å². The van der Waals surface area contributed by atoms with E-state index in [1.165, 1.54) is 12.8 Å². The molecule has 0 aromatic heterocycles. The van der Waals surface area contributed by atoms with Crippen LogP contribution in [0.25, 0.3) is 0 Å². The Hall–Kier alpha value is -1.26. The van der Waals surface area contributed by atoms with Gasteiger partial charge in [0, 0.05) is 19.1 Å². The highest BCUT2D eigenvalue weighted by atomic mass is 16.4. The van der Waals surface area contributed by atoms with Gasteiger partial charge in [0.25, 0.3) is 0 Å². The highest BCUT2D eigenvalue weighted by Gasteiger charge is 2.41. The first-order valence-corrected chi connectivity index (χ1v) is 7.27. The summed E-state index contributed by atoms with van der Waals surface area (Å²) in [5, 5.41) is 12.3. The Morgan fingerprint density at radius 2 is 1.95 bits per heavy atom. The SMILES string of the molecule is CCC1(C(=O)O)CCN(C(=O)NC(C)C2CC2)CC1. The molecule has 5 heteroatoms. The van der Waals surface area contributed by atoms with E-state index in [4.69, 9.17) is 0 Å². The number of hydrogen-bond acceptors (Lipinski definition) is 2. The van der Waals surface area contributed by atoms with Gasteiger partial charge in [0.1, 0.15) is 0 Å². The number of aliphatic carboxylic acids is 1. The molecular weight excluding hydrogens is 244 g/mol. The standard InChI is InChI=1S/C14H24N2O3/c1-3-14(12(17)18)6-8-16(9-7-14)13(19)15-10(2)11-4-5-11/h10-11H,3-9H2,1-2H3,(H,15,19)(H,17,18). The van der Waals surface area contributed by atoms with Crippen LogP contribution in [0.4, 0.5) is 4.79 Å². The Bertz CT molecular complexity index is 358. The van der Waals surface area contributed by atoms with Crippen LogP contribution in [0.1, 0.15) is 46.0 Å². The fourth-order valence-electron chi connectivity index (χ4n) is 2.86. The zero-order valence-corrected chi connectivity index (χ0v) is 11.8. The van der Waals surface area contributed by atoms with Crippen LogP contribution in [0.15, 0.2) is 0 Å². The van der Waals surface area contributed by atoms with E-state index < -0.39 is 11.4 Å². The van der Waals surface area contributed by atoms with Crippen molar-refractivity contribution in [1.82, 2.24) is 10.2 Å². The Kier molecular flexibility index (Phi) is 4.02. The summed E-state index contributed by atoms with van der Waals surface area (Å²) in [6, 6.07) is 0.208. The summed E-state index contributed by atoms with van der Waals surface area (Å²) >= 11 is 0. The molecule has 1 heterocycles. The van der Waals surface area contributed by atoms with Gasteiger partial charge in [-0.1, -0.05) is 6.92 Å². The third-order valence-electron chi connectivity index (χ3n) is 4.82. The molecule has 2 rings (SSSR count). The van der Waals surface area contributed by atoms with Crippen molar-refractivity contribution in [3.63, 3.8) is 0 Å². The molecular formula is C14H24N2O3. The summed E-state index contributed by atoms with van der Waals surface area (Å²) in [7, 11) is 0. The maximum Gasteiger partial charge on any atom is 0.317 e. The van der Waals surface area contributed by atoms with Crippen LogP contribution >= 0.6 is 0 Å². The zero-order valence-electron chi connectivity index (χ0n) is 11.8. The average Bonchev–Trinajstić information content (AvgIpc) is 3.22. The topological polar surface area (TPSA) is 69.6 Å². The maximum absolute atomic E-state index is 12.1. The Morgan fingerprint density at radius 3 is 2.37 bits per heavy atom. The van der Waals surface area contributed by atoms with E-state index >= 15 is 0 Å². The molecule has 2 amide bonds.